The Hall–Kier alpha value is -1.04. The Labute approximate surface area is 129 Å². The van der Waals surface area contributed by atoms with Gasteiger partial charge in [-0.3, -0.25) is 0 Å². The number of fused-ring (bicyclic) bond motifs is 1. The van der Waals surface area contributed by atoms with E-state index in [0.717, 1.165) is 9.10 Å². The van der Waals surface area contributed by atoms with Gasteiger partial charge in [0.05, 0.1) is 0 Å². The third-order valence-corrected chi connectivity index (χ3v) is 8.55. The van der Waals surface area contributed by atoms with Gasteiger partial charge in [-0.15, -0.1) is 0 Å². The number of hydrogen-bond donors (Lipinski definition) is 0. The van der Waals surface area contributed by atoms with Gasteiger partial charge in [-0.25, -0.2) is 0 Å². The maximum absolute atomic E-state index is 13.6. The first-order chi connectivity index (χ1) is 9.49. The van der Waals surface area contributed by atoms with Crippen molar-refractivity contribution in [1.29, 1.82) is 0 Å². The number of rotatable bonds is 1. The number of carbonyl (C=O) groups is 1. The predicted molar refractivity (Wildman–Crippen MR) is 86.5 cm³/mol. The summed E-state index contributed by atoms with van der Waals surface area (Å²) in [6.07, 6.45) is -0.426. The summed E-state index contributed by atoms with van der Waals surface area (Å²) in [4.78, 5) is 19.2. The number of hydrogen-bond acceptors (Lipinski definition) is 2. The Bertz CT molecular complexity index is 693. The first-order valence-electron chi connectivity index (χ1n) is 7.04. The van der Waals surface area contributed by atoms with Crippen LogP contribution < -0.4 is 3.71 Å². The summed E-state index contributed by atoms with van der Waals surface area (Å²) in [5.74, 6) is -0.346. The summed E-state index contributed by atoms with van der Waals surface area (Å²) in [6, 6.07) is 6.55. The fourth-order valence-corrected chi connectivity index (χ4v) is 6.43. The second-order valence-corrected chi connectivity index (χ2v) is 21.6. The monoisotopic (exact) mass is 399 g/mol. The molecule has 0 atom stereocenters. The molecular weight excluding hydrogens is 376 g/mol. The summed E-state index contributed by atoms with van der Waals surface area (Å²) in [5.41, 5.74) is 0.0111. The van der Waals surface area contributed by atoms with Gasteiger partial charge in [-0.05, 0) is 0 Å². The topological polar surface area (TPSA) is 31.2 Å². The molecule has 0 unspecified atom stereocenters. The standard InChI is InChI=1S/C13H13FNO2.3CH3.Sn/c1-13(2,3)17-12(16)15-7-6-9-4-5-10(14)8-11(9)15;;;;/h4-6,8H,1-3H3;3*1H3;. The van der Waals surface area contributed by atoms with E-state index in [1.165, 1.54) is 12.1 Å². The van der Waals surface area contributed by atoms with Crippen LogP contribution in [0.1, 0.15) is 20.8 Å². The van der Waals surface area contributed by atoms with Crippen molar-refractivity contribution >= 4 is 39.1 Å². The average Bonchev–Trinajstić information content (AvgIpc) is 2.64. The molecule has 0 fully saturated rings. The van der Waals surface area contributed by atoms with Crippen LogP contribution in [0.4, 0.5) is 9.18 Å². The van der Waals surface area contributed by atoms with Gasteiger partial charge in [0.15, 0.2) is 0 Å². The zero-order valence-electron chi connectivity index (χ0n) is 13.5. The average molecular weight is 398 g/mol. The van der Waals surface area contributed by atoms with E-state index in [1.54, 1.807) is 10.6 Å². The van der Waals surface area contributed by atoms with Gasteiger partial charge in [0, 0.05) is 0 Å². The van der Waals surface area contributed by atoms with Crippen LogP contribution >= 0.6 is 0 Å². The molecule has 0 aliphatic rings. The predicted octanol–water partition coefficient (Wildman–Crippen LogP) is 4.11. The van der Waals surface area contributed by atoms with E-state index in [2.05, 4.69) is 14.8 Å². The SMILES string of the molecule is CC(C)(C)OC(=O)n1[c]([Sn]([CH3])([CH3])[CH3])cc2ccc(F)cc21. The molecule has 2 aromatic rings. The van der Waals surface area contributed by atoms with Crippen molar-refractivity contribution in [3.63, 3.8) is 0 Å². The van der Waals surface area contributed by atoms with Crippen molar-refractivity contribution in [1.82, 2.24) is 4.57 Å². The van der Waals surface area contributed by atoms with Crippen LogP contribution in [0.5, 0.6) is 0 Å². The van der Waals surface area contributed by atoms with Crippen LogP contribution in [0.2, 0.25) is 14.8 Å². The molecule has 0 saturated carbocycles. The Morgan fingerprint density at radius 2 is 1.81 bits per heavy atom. The summed E-state index contributed by atoms with van der Waals surface area (Å²) in [7, 11) is 0. The van der Waals surface area contributed by atoms with E-state index in [0.29, 0.717) is 5.52 Å². The van der Waals surface area contributed by atoms with Gasteiger partial charge < -0.3 is 0 Å². The Morgan fingerprint density at radius 1 is 1.19 bits per heavy atom. The molecule has 0 spiro atoms. The minimum atomic E-state index is -2.55. The van der Waals surface area contributed by atoms with E-state index in [4.69, 9.17) is 4.74 Å². The molecule has 0 bridgehead atoms. The normalized spacial score (nSPS) is 12.7. The van der Waals surface area contributed by atoms with Gasteiger partial charge in [0.2, 0.25) is 0 Å². The quantitative estimate of drug-likeness (QED) is 0.678. The van der Waals surface area contributed by atoms with Gasteiger partial charge >= 0.3 is 129 Å². The zero-order chi connectivity index (χ0) is 16.0. The van der Waals surface area contributed by atoms with Crippen molar-refractivity contribution in [3.05, 3.63) is 30.1 Å². The van der Waals surface area contributed by atoms with Crippen LogP contribution in [-0.4, -0.2) is 34.6 Å². The third kappa shape index (κ3) is 3.59. The number of benzene rings is 1. The van der Waals surface area contributed by atoms with Gasteiger partial charge in [0.25, 0.3) is 0 Å². The van der Waals surface area contributed by atoms with Gasteiger partial charge in [0.1, 0.15) is 0 Å². The molecule has 0 saturated heterocycles. The van der Waals surface area contributed by atoms with Crippen molar-refractivity contribution in [2.45, 2.75) is 41.2 Å². The van der Waals surface area contributed by atoms with E-state index >= 15 is 0 Å². The van der Waals surface area contributed by atoms with Crippen LogP contribution in [0, 0.1) is 5.82 Å². The summed E-state index contributed by atoms with van der Waals surface area (Å²) in [6.45, 7) is 5.49. The first-order valence-corrected chi connectivity index (χ1v) is 17.0. The molecule has 1 aromatic carbocycles. The number of nitrogens with zero attached hydrogens (tertiary/aromatic N) is 1. The van der Waals surface area contributed by atoms with Gasteiger partial charge in [-0.2, -0.15) is 0 Å². The van der Waals surface area contributed by atoms with E-state index in [9.17, 15) is 9.18 Å². The van der Waals surface area contributed by atoms with Crippen LogP contribution in [0.3, 0.4) is 0 Å². The second kappa shape index (κ2) is 5.30. The van der Waals surface area contributed by atoms with Gasteiger partial charge in [-0.1, -0.05) is 0 Å². The molecule has 114 valence electrons. The summed E-state index contributed by atoms with van der Waals surface area (Å²) in [5, 5.41) is 0.879. The number of aromatic nitrogens is 1. The molecular formula is C16H22FNO2Sn. The van der Waals surface area contributed by atoms with Crippen molar-refractivity contribution in [3.8, 4) is 0 Å². The molecule has 5 heteroatoms. The molecule has 3 nitrogen and oxygen atoms in total. The molecule has 0 aliphatic heterocycles. The molecule has 2 rings (SSSR count). The van der Waals surface area contributed by atoms with Crippen LogP contribution in [0.15, 0.2) is 24.3 Å². The molecule has 0 N–H and O–H groups in total. The fourth-order valence-electron chi connectivity index (χ4n) is 2.23. The van der Waals surface area contributed by atoms with Crippen molar-refractivity contribution < 1.29 is 13.9 Å². The van der Waals surface area contributed by atoms with E-state index < -0.39 is 30.1 Å². The third-order valence-electron chi connectivity index (χ3n) is 3.11. The summed E-state index contributed by atoms with van der Waals surface area (Å²) >= 11 is -2.55. The molecule has 1 aromatic heterocycles. The molecule has 0 aliphatic carbocycles. The number of ether oxygens (including phenoxy) is 1. The fraction of sp³-hybridized carbons (Fsp3) is 0.438. The first kappa shape index (κ1) is 16.3. The number of halogens is 1. The molecule has 0 radical (unpaired) electrons. The molecule has 21 heavy (non-hydrogen) atoms. The van der Waals surface area contributed by atoms with Crippen molar-refractivity contribution in [2.24, 2.45) is 0 Å². The Morgan fingerprint density at radius 3 is 2.33 bits per heavy atom. The Kier molecular flexibility index (Phi) is 4.12. The van der Waals surface area contributed by atoms with E-state index in [-0.39, 0.29) is 5.82 Å². The van der Waals surface area contributed by atoms with Crippen molar-refractivity contribution in [2.75, 3.05) is 0 Å². The maximum atomic E-state index is 13.6. The number of carbonyl (C=O) groups excluding carboxylic acids is 1. The zero-order valence-corrected chi connectivity index (χ0v) is 16.3. The van der Waals surface area contributed by atoms with Crippen LogP contribution in [0.25, 0.3) is 10.9 Å². The van der Waals surface area contributed by atoms with E-state index in [1.807, 2.05) is 26.8 Å². The minimum absolute atomic E-state index is 0.346. The second-order valence-electron chi connectivity index (χ2n) is 7.30. The molecule has 0 amide bonds. The molecule has 1 heterocycles. The summed E-state index contributed by atoms with van der Waals surface area (Å²) < 4.78 is 21.7. The Balaban J connectivity index is 2.68. The van der Waals surface area contributed by atoms with Crippen LogP contribution in [-0.2, 0) is 4.74 Å².